The Morgan fingerprint density at radius 2 is 1.89 bits per heavy atom. The van der Waals surface area contributed by atoms with Gasteiger partial charge in [0.15, 0.2) is 0 Å². The molecule has 3 aliphatic carbocycles. The second kappa shape index (κ2) is 9.33. The minimum Gasteiger partial charge on any atom is -0.393 e. The zero-order chi connectivity index (χ0) is 20.3. The monoisotopic (exact) mass is 384 g/mol. The van der Waals surface area contributed by atoms with Crippen LogP contribution >= 0.6 is 0 Å². The third kappa shape index (κ3) is 4.84. The lowest BCUT2D eigenvalue weighted by molar-refractivity contribution is 0.0929. The van der Waals surface area contributed by atoms with Gasteiger partial charge in [-0.2, -0.15) is 0 Å². The quantitative estimate of drug-likeness (QED) is 0.499. The van der Waals surface area contributed by atoms with Crippen LogP contribution in [0.1, 0.15) is 98.3 Å². The predicted octanol–water partition coefficient (Wildman–Crippen LogP) is 7.62. The molecule has 0 aromatic heterocycles. The van der Waals surface area contributed by atoms with E-state index in [-0.39, 0.29) is 6.10 Å². The van der Waals surface area contributed by atoms with Crippen LogP contribution < -0.4 is 0 Å². The van der Waals surface area contributed by atoms with E-state index in [1.807, 2.05) is 0 Å². The third-order valence-electron chi connectivity index (χ3n) is 8.35. The molecule has 1 N–H and O–H groups in total. The van der Waals surface area contributed by atoms with E-state index in [2.05, 4.69) is 46.4 Å². The fourth-order valence-electron chi connectivity index (χ4n) is 6.66. The summed E-state index contributed by atoms with van der Waals surface area (Å²) in [5.41, 5.74) is 4.72. The highest BCUT2D eigenvalue weighted by Crippen LogP contribution is 2.59. The summed E-state index contributed by atoms with van der Waals surface area (Å²) in [7, 11) is 0. The van der Waals surface area contributed by atoms with E-state index < -0.39 is 0 Å². The minimum atomic E-state index is -0.172. The van der Waals surface area contributed by atoms with E-state index >= 15 is 0 Å². The Labute approximate surface area is 174 Å². The van der Waals surface area contributed by atoms with Crippen LogP contribution in [0.25, 0.3) is 0 Å². The molecular weight excluding hydrogens is 340 g/mol. The molecule has 5 atom stereocenters. The van der Waals surface area contributed by atoms with Crippen molar-refractivity contribution >= 4 is 0 Å². The van der Waals surface area contributed by atoms with Gasteiger partial charge in [-0.15, -0.1) is 0 Å². The Morgan fingerprint density at radius 1 is 1.11 bits per heavy atom. The lowest BCUT2D eigenvalue weighted by atomic mass is 9.60. The Bertz CT molecular complexity index is 610. The third-order valence-corrected chi connectivity index (χ3v) is 8.35. The maximum Gasteiger partial charge on any atom is 0.0583 e. The summed E-state index contributed by atoms with van der Waals surface area (Å²) in [6, 6.07) is 0. The summed E-state index contributed by atoms with van der Waals surface area (Å²) in [6.07, 6.45) is 18.2. The summed E-state index contributed by atoms with van der Waals surface area (Å²) in [6.45, 7) is 14.1. The van der Waals surface area contributed by atoms with Gasteiger partial charge in [0, 0.05) is 0 Å². The first kappa shape index (κ1) is 21.9. The summed E-state index contributed by atoms with van der Waals surface area (Å²) in [5.74, 6) is 3.37. The number of allylic oxidation sites excluding steroid dienone is 4. The van der Waals surface area contributed by atoms with Crippen molar-refractivity contribution in [2.75, 3.05) is 0 Å². The number of aliphatic hydroxyl groups is 1. The molecule has 0 heterocycles. The SMILES string of the molecule is C=C1CC[C@H](O)C/C1=C/C=C1\CCC[C@]2(C)[C@@H]1CC[C@@H]2[C@@H](C)CCCC(C)C. The molecule has 3 fully saturated rings. The first-order valence-corrected chi connectivity index (χ1v) is 12.1. The van der Waals surface area contributed by atoms with E-state index in [0.29, 0.717) is 5.41 Å². The van der Waals surface area contributed by atoms with Gasteiger partial charge in [0.05, 0.1) is 6.10 Å². The van der Waals surface area contributed by atoms with Crippen LogP contribution in [0, 0.1) is 29.1 Å². The van der Waals surface area contributed by atoms with E-state index in [0.717, 1.165) is 42.9 Å². The van der Waals surface area contributed by atoms with Crippen LogP contribution in [0.4, 0.5) is 0 Å². The van der Waals surface area contributed by atoms with Gasteiger partial charge in [-0.3, -0.25) is 0 Å². The van der Waals surface area contributed by atoms with Crippen LogP contribution in [-0.4, -0.2) is 11.2 Å². The highest BCUT2D eigenvalue weighted by atomic mass is 16.3. The molecule has 0 bridgehead atoms. The molecule has 0 amide bonds. The van der Waals surface area contributed by atoms with Crippen molar-refractivity contribution in [3.8, 4) is 0 Å². The zero-order valence-electron chi connectivity index (χ0n) is 19.0. The fraction of sp³-hybridized carbons (Fsp3) is 0.778. The van der Waals surface area contributed by atoms with Crippen molar-refractivity contribution in [1.82, 2.24) is 0 Å². The molecule has 3 aliphatic rings. The number of hydrogen-bond acceptors (Lipinski definition) is 1. The van der Waals surface area contributed by atoms with Gasteiger partial charge in [-0.1, -0.05) is 76.8 Å². The van der Waals surface area contributed by atoms with Crippen LogP contribution in [0.3, 0.4) is 0 Å². The molecule has 0 aliphatic heterocycles. The number of aliphatic hydroxyl groups excluding tert-OH is 1. The summed E-state index contributed by atoms with van der Waals surface area (Å²) >= 11 is 0. The van der Waals surface area contributed by atoms with Crippen molar-refractivity contribution in [3.05, 3.63) is 35.5 Å². The molecule has 0 spiro atoms. The standard InChI is InChI=1S/C27H44O/c1-19(2)8-6-9-21(4)25-15-16-26-22(10-7-17-27(25,26)5)12-13-23-18-24(28)14-11-20(23)3/h12-13,19,21,24-26,28H,3,6-11,14-18H2,1-2,4-5H3/b22-12+,23-13-/t21-,24-,25+,26+,27-/m0/s1. The summed E-state index contributed by atoms with van der Waals surface area (Å²) in [5, 5.41) is 10.0. The van der Waals surface area contributed by atoms with Gasteiger partial charge in [0.25, 0.3) is 0 Å². The summed E-state index contributed by atoms with van der Waals surface area (Å²) in [4.78, 5) is 0. The topological polar surface area (TPSA) is 20.2 Å². The molecule has 1 heteroatoms. The molecular formula is C27H44O. The average molecular weight is 385 g/mol. The van der Waals surface area contributed by atoms with Crippen molar-refractivity contribution < 1.29 is 5.11 Å². The smallest absolute Gasteiger partial charge is 0.0583 e. The van der Waals surface area contributed by atoms with Crippen LogP contribution in [0.5, 0.6) is 0 Å². The van der Waals surface area contributed by atoms with Gasteiger partial charge in [0.2, 0.25) is 0 Å². The van der Waals surface area contributed by atoms with Gasteiger partial charge in [0.1, 0.15) is 0 Å². The van der Waals surface area contributed by atoms with Crippen LogP contribution in [0.2, 0.25) is 0 Å². The van der Waals surface area contributed by atoms with Crippen molar-refractivity contribution in [2.24, 2.45) is 29.1 Å². The molecule has 3 rings (SSSR count). The van der Waals surface area contributed by atoms with Crippen molar-refractivity contribution in [1.29, 1.82) is 0 Å². The van der Waals surface area contributed by atoms with Crippen molar-refractivity contribution in [2.45, 2.75) is 104 Å². The Hall–Kier alpha value is -0.820. The first-order chi connectivity index (χ1) is 13.3. The predicted molar refractivity (Wildman–Crippen MR) is 121 cm³/mol. The number of rotatable bonds is 6. The number of fused-ring (bicyclic) bond motifs is 1. The Kier molecular flexibility index (Phi) is 7.29. The van der Waals surface area contributed by atoms with Gasteiger partial charge in [-0.05, 0) is 86.0 Å². The second-order valence-corrected chi connectivity index (χ2v) is 10.8. The minimum absolute atomic E-state index is 0.172. The molecule has 158 valence electrons. The summed E-state index contributed by atoms with van der Waals surface area (Å²) < 4.78 is 0. The van der Waals surface area contributed by atoms with E-state index in [9.17, 15) is 5.11 Å². The van der Waals surface area contributed by atoms with E-state index in [1.165, 1.54) is 62.5 Å². The molecule has 0 saturated heterocycles. The van der Waals surface area contributed by atoms with Crippen LogP contribution in [-0.2, 0) is 0 Å². The molecule has 28 heavy (non-hydrogen) atoms. The highest BCUT2D eigenvalue weighted by molar-refractivity contribution is 5.36. The number of hydrogen-bond donors (Lipinski definition) is 1. The van der Waals surface area contributed by atoms with Crippen molar-refractivity contribution in [3.63, 3.8) is 0 Å². The molecule has 0 aromatic carbocycles. The van der Waals surface area contributed by atoms with Gasteiger partial charge >= 0.3 is 0 Å². The fourth-order valence-corrected chi connectivity index (χ4v) is 6.66. The zero-order valence-corrected chi connectivity index (χ0v) is 19.0. The molecule has 1 nitrogen and oxygen atoms in total. The van der Waals surface area contributed by atoms with Gasteiger partial charge in [-0.25, -0.2) is 0 Å². The van der Waals surface area contributed by atoms with Gasteiger partial charge < -0.3 is 5.11 Å². The normalized spacial score (nSPS) is 37.6. The average Bonchev–Trinajstić information content (AvgIpc) is 2.99. The Morgan fingerprint density at radius 3 is 2.64 bits per heavy atom. The first-order valence-electron chi connectivity index (χ1n) is 12.1. The lowest BCUT2D eigenvalue weighted by Crippen LogP contribution is -2.36. The van der Waals surface area contributed by atoms with E-state index in [1.54, 1.807) is 5.57 Å². The maximum atomic E-state index is 10.0. The molecule has 0 radical (unpaired) electrons. The Balaban J connectivity index is 1.70. The molecule has 0 aromatic rings. The van der Waals surface area contributed by atoms with Crippen LogP contribution in [0.15, 0.2) is 35.5 Å². The largest absolute Gasteiger partial charge is 0.393 e. The van der Waals surface area contributed by atoms with E-state index in [4.69, 9.17) is 0 Å². The second-order valence-electron chi connectivity index (χ2n) is 10.8. The highest BCUT2D eigenvalue weighted by Gasteiger charge is 2.50. The molecule has 3 saturated carbocycles. The molecule has 0 unspecified atom stereocenters. The lowest BCUT2D eigenvalue weighted by Gasteiger charge is -2.44. The maximum absolute atomic E-state index is 10.0.